The van der Waals surface area contributed by atoms with E-state index in [9.17, 15) is 0 Å². The van der Waals surface area contributed by atoms with Crippen molar-refractivity contribution in [1.29, 1.82) is 0 Å². The maximum absolute atomic E-state index is 5.98. The topological polar surface area (TPSA) is 72.3 Å². The average Bonchev–Trinajstić information content (AvgIpc) is 2.81. The Morgan fingerprint density at radius 2 is 2.05 bits per heavy atom. The Kier molecular flexibility index (Phi) is 3.10. The Labute approximate surface area is 112 Å². The molecule has 3 rings (SSSR count). The highest BCUT2D eigenvalue weighted by molar-refractivity contribution is 5.63. The van der Waals surface area contributed by atoms with Gasteiger partial charge in [-0.1, -0.05) is 0 Å². The number of hydrogen-bond acceptors (Lipinski definition) is 5. The molecule has 0 saturated carbocycles. The Hall–Kier alpha value is -1.69. The van der Waals surface area contributed by atoms with Crippen LogP contribution in [0.2, 0.25) is 0 Å². The van der Waals surface area contributed by atoms with E-state index >= 15 is 0 Å². The van der Waals surface area contributed by atoms with Gasteiger partial charge in [-0.3, -0.25) is 4.40 Å². The third kappa shape index (κ3) is 2.16. The van der Waals surface area contributed by atoms with Crippen LogP contribution < -0.4 is 10.6 Å². The lowest BCUT2D eigenvalue weighted by molar-refractivity contribution is 0.353. The molecular weight excluding hydrogens is 240 g/mol. The van der Waals surface area contributed by atoms with Crippen molar-refractivity contribution in [1.82, 2.24) is 19.6 Å². The minimum Gasteiger partial charge on any atom is -0.353 e. The van der Waals surface area contributed by atoms with Crippen molar-refractivity contribution in [2.45, 2.75) is 32.7 Å². The Morgan fingerprint density at radius 3 is 2.74 bits per heavy atom. The summed E-state index contributed by atoms with van der Waals surface area (Å²) in [6.07, 6.45) is 5.96. The van der Waals surface area contributed by atoms with E-state index in [1.165, 1.54) is 0 Å². The third-order valence-corrected chi connectivity index (χ3v) is 4.06. The molecule has 0 amide bonds. The molecule has 2 aromatic heterocycles. The lowest BCUT2D eigenvalue weighted by Gasteiger charge is -2.34. The van der Waals surface area contributed by atoms with Crippen LogP contribution in [0.1, 0.15) is 25.6 Å². The zero-order valence-electron chi connectivity index (χ0n) is 11.5. The summed E-state index contributed by atoms with van der Waals surface area (Å²) in [6, 6.07) is 0.279. The molecule has 19 heavy (non-hydrogen) atoms. The van der Waals surface area contributed by atoms with Gasteiger partial charge in [0.25, 0.3) is 0 Å². The van der Waals surface area contributed by atoms with E-state index in [4.69, 9.17) is 5.73 Å². The molecule has 6 heteroatoms. The summed E-state index contributed by atoms with van der Waals surface area (Å²) in [7, 11) is 0. The molecule has 2 N–H and O–H groups in total. The van der Waals surface area contributed by atoms with Crippen molar-refractivity contribution in [3.63, 3.8) is 0 Å². The molecule has 1 aliphatic rings. The van der Waals surface area contributed by atoms with E-state index in [0.717, 1.165) is 43.2 Å². The van der Waals surface area contributed by atoms with Crippen LogP contribution in [0.3, 0.4) is 0 Å². The van der Waals surface area contributed by atoms with Gasteiger partial charge in [-0.2, -0.15) is 0 Å². The summed E-state index contributed by atoms with van der Waals surface area (Å²) < 4.78 is 1.99. The van der Waals surface area contributed by atoms with Gasteiger partial charge in [0.15, 0.2) is 5.82 Å². The Bertz CT molecular complexity index is 568. The van der Waals surface area contributed by atoms with Gasteiger partial charge in [-0.05, 0) is 32.6 Å². The lowest BCUT2D eigenvalue weighted by Crippen LogP contribution is -2.40. The second-order valence-corrected chi connectivity index (χ2v) is 5.38. The van der Waals surface area contributed by atoms with Crippen LogP contribution in [0.15, 0.2) is 12.4 Å². The second kappa shape index (κ2) is 4.77. The van der Waals surface area contributed by atoms with Gasteiger partial charge in [0.2, 0.25) is 5.65 Å². The maximum Gasteiger partial charge on any atom is 0.203 e. The molecule has 102 valence electrons. The molecule has 3 heterocycles. The van der Waals surface area contributed by atoms with Crippen LogP contribution in [-0.4, -0.2) is 38.7 Å². The highest BCUT2D eigenvalue weighted by Crippen LogP contribution is 2.25. The first-order valence-electron chi connectivity index (χ1n) is 6.83. The summed E-state index contributed by atoms with van der Waals surface area (Å²) in [6.45, 7) is 6.03. The van der Waals surface area contributed by atoms with Gasteiger partial charge in [-0.25, -0.2) is 4.98 Å². The summed E-state index contributed by atoms with van der Waals surface area (Å²) in [5.74, 6) is 2.45. The summed E-state index contributed by atoms with van der Waals surface area (Å²) >= 11 is 0. The van der Waals surface area contributed by atoms with Crippen LogP contribution >= 0.6 is 0 Å². The van der Waals surface area contributed by atoms with E-state index in [-0.39, 0.29) is 6.04 Å². The quantitative estimate of drug-likeness (QED) is 0.872. The normalized spacial score (nSPS) is 19.0. The number of aromatic nitrogens is 4. The van der Waals surface area contributed by atoms with E-state index in [2.05, 4.69) is 27.0 Å². The first-order chi connectivity index (χ1) is 9.16. The van der Waals surface area contributed by atoms with Crippen LogP contribution in [0.5, 0.6) is 0 Å². The smallest absolute Gasteiger partial charge is 0.203 e. The Morgan fingerprint density at radius 1 is 1.32 bits per heavy atom. The molecule has 1 saturated heterocycles. The Balaban J connectivity index is 1.86. The molecule has 0 aliphatic carbocycles. The fourth-order valence-corrected chi connectivity index (χ4v) is 2.79. The number of aryl methyl sites for hydroxylation is 1. The predicted octanol–water partition coefficient (Wildman–Crippen LogP) is 0.996. The molecule has 1 aliphatic heterocycles. The highest BCUT2D eigenvalue weighted by atomic mass is 15.3. The van der Waals surface area contributed by atoms with Gasteiger partial charge >= 0.3 is 0 Å². The monoisotopic (exact) mass is 260 g/mol. The number of rotatable bonds is 2. The van der Waals surface area contributed by atoms with Gasteiger partial charge < -0.3 is 10.6 Å². The number of piperidine rings is 1. The standard InChI is InChI=1S/C13H20N6/c1-9(14)11-3-6-18(7-4-11)12-13-17-16-10(2)19(13)8-5-15-12/h5,8-9,11H,3-4,6-7,14H2,1-2H3. The molecule has 0 radical (unpaired) electrons. The summed E-state index contributed by atoms with van der Waals surface area (Å²) in [4.78, 5) is 6.78. The molecule has 6 nitrogen and oxygen atoms in total. The molecule has 1 unspecified atom stereocenters. The molecule has 2 aromatic rings. The number of hydrogen-bond donors (Lipinski definition) is 1. The molecule has 1 atom stereocenters. The predicted molar refractivity (Wildman–Crippen MR) is 74.1 cm³/mol. The van der Waals surface area contributed by atoms with Gasteiger partial charge in [0.05, 0.1) is 0 Å². The van der Waals surface area contributed by atoms with Crippen molar-refractivity contribution in [2.75, 3.05) is 18.0 Å². The van der Waals surface area contributed by atoms with E-state index in [1.54, 1.807) is 0 Å². The van der Waals surface area contributed by atoms with Crippen LogP contribution in [0.25, 0.3) is 5.65 Å². The molecule has 0 spiro atoms. The molecule has 0 aromatic carbocycles. The van der Waals surface area contributed by atoms with E-state index in [1.807, 2.05) is 23.7 Å². The first kappa shape index (κ1) is 12.3. The fourth-order valence-electron chi connectivity index (χ4n) is 2.79. The van der Waals surface area contributed by atoms with E-state index < -0.39 is 0 Å². The second-order valence-electron chi connectivity index (χ2n) is 5.38. The first-order valence-corrected chi connectivity index (χ1v) is 6.83. The highest BCUT2D eigenvalue weighted by Gasteiger charge is 2.24. The zero-order valence-corrected chi connectivity index (χ0v) is 11.5. The minimum atomic E-state index is 0.279. The number of nitrogens with two attached hydrogens (primary N) is 1. The SMILES string of the molecule is Cc1nnc2c(N3CCC(C(C)N)CC3)nccn12. The number of nitrogens with zero attached hydrogens (tertiary/aromatic N) is 5. The van der Waals surface area contributed by atoms with Gasteiger partial charge in [-0.15, -0.1) is 10.2 Å². The van der Waals surface area contributed by atoms with Crippen molar-refractivity contribution in [2.24, 2.45) is 11.7 Å². The molecule has 0 bridgehead atoms. The van der Waals surface area contributed by atoms with Gasteiger partial charge in [0, 0.05) is 31.5 Å². The van der Waals surface area contributed by atoms with Crippen molar-refractivity contribution in [3.05, 3.63) is 18.2 Å². The summed E-state index contributed by atoms with van der Waals surface area (Å²) in [5, 5.41) is 8.35. The van der Waals surface area contributed by atoms with Gasteiger partial charge in [0.1, 0.15) is 5.82 Å². The number of anilines is 1. The van der Waals surface area contributed by atoms with Crippen molar-refractivity contribution < 1.29 is 0 Å². The largest absolute Gasteiger partial charge is 0.353 e. The van der Waals surface area contributed by atoms with Crippen LogP contribution in [0, 0.1) is 12.8 Å². The zero-order chi connectivity index (χ0) is 13.4. The fraction of sp³-hybridized carbons (Fsp3) is 0.615. The van der Waals surface area contributed by atoms with Crippen LogP contribution in [0.4, 0.5) is 5.82 Å². The molecule has 1 fully saturated rings. The summed E-state index contributed by atoms with van der Waals surface area (Å²) in [5.41, 5.74) is 6.83. The average molecular weight is 260 g/mol. The third-order valence-electron chi connectivity index (χ3n) is 4.06. The minimum absolute atomic E-state index is 0.279. The lowest BCUT2D eigenvalue weighted by atomic mass is 9.91. The number of fused-ring (bicyclic) bond motifs is 1. The van der Waals surface area contributed by atoms with E-state index in [0.29, 0.717) is 5.92 Å². The molecular formula is C13H20N6. The van der Waals surface area contributed by atoms with Crippen molar-refractivity contribution in [3.8, 4) is 0 Å². The maximum atomic E-state index is 5.98. The van der Waals surface area contributed by atoms with Crippen molar-refractivity contribution >= 4 is 11.5 Å². The van der Waals surface area contributed by atoms with Crippen LogP contribution in [-0.2, 0) is 0 Å².